The van der Waals surface area contributed by atoms with Crippen molar-refractivity contribution in [2.75, 3.05) is 13.1 Å². The van der Waals surface area contributed by atoms with E-state index in [1.54, 1.807) is 0 Å². The summed E-state index contributed by atoms with van der Waals surface area (Å²) in [6, 6.07) is 0. The third-order valence-electron chi connectivity index (χ3n) is 2.71. The zero-order valence-electron chi connectivity index (χ0n) is 10.5. The van der Waals surface area contributed by atoms with Crippen molar-refractivity contribution < 1.29 is 9.53 Å². The Labute approximate surface area is 92.8 Å². The number of amides is 1. The fraction of sp³-hybridized carbons (Fsp3) is 0.917. The smallest absolute Gasteiger partial charge is 0.251 e. The van der Waals surface area contributed by atoms with E-state index < -0.39 is 0 Å². The highest BCUT2D eigenvalue weighted by atomic mass is 16.5. The van der Waals surface area contributed by atoms with Gasteiger partial charge >= 0.3 is 0 Å². The molecule has 0 N–H and O–H groups in total. The summed E-state index contributed by atoms with van der Waals surface area (Å²) in [6.07, 6.45) is 0.935. The average Bonchev–Trinajstić information content (AvgIpc) is 2.07. The van der Waals surface area contributed by atoms with E-state index in [9.17, 15) is 4.79 Å². The van der Waals surface area contributed by atoms with Crippen LogP contribution in [0.2, 0.25) is 0 Å². The molecule has 0 unspecified atom stereocenters. The van der Waals surface area contributed by atoms with Gasteiger partial charge in [-0.05, 0) is 25.7 Å². The van der Waals surface area contributed by atoms with Gasteiger partial charge < -0.3 is 9.64 Å². The molecule has 0 bridgehead atoms. The Bertz CT molecular complexity index is 232. The molecular formula is C12H23NO2. The van der Waals surface area contributed by atoms with Crippen LogP contribution in [0.3, 0.4) is 0 Å². The number of ether oxygens (including phenoxy) is 1. The minimum Gasteiger partial charge on any atom is -0.364 e. The summed E-state index contributed by atoms with van der Waals surface area (Å²) in [4.78, 5) is 13.7. The summed E-state index contributed by atoms with van der Waals surface area (Å²) in [5, 5.41) is 0. The lowest BCUT2D eigenvalue weighted by Crippen LogP contribution is -2.50. The van der Waals surface area contributed by atoms with Crippen molar-refractivity contribution in [1.29, 1.82) is 0 Å². The van der Waals surface area contributed by atoms with Crippen molar-refractivity contribution in [2.24, 2.45) is 5.41 Å². The molecule has 0 radical (unpaired) electrons. The Morgan fingerprint density at radius 2 is 2.00 bits per heavy atom. The lowest BCUT2D eigenvalue weighted by Gasteiger charge is -2.36. The molecule has 1 fully saturated rings. The van der Waals surface area contributed by atoms with Crippen LogP contribution in [0.5, 0.6) is 0 Å². The van der Waals surface area contributed by atoms with Gasteiger partial charge in [-0.25, -0.2) is 0 Å². The van der Waals surface area contributed by atoms with Gasteiger partial charge in [0, 0.05) is 13.1 Å². The minimum atomic E-state index is -0.270. The Hall–Kier alpha value is -0.570. The molecule has 0 saturated carbocycles. The highest BCUT2D eigenvalue weighted by Gasteiger charge is 2.30. The molecule has 88 valence electrons. The van der Waals surface area contributed by atoms with Gasteiger partial charge in [-0.2, -0.15) is 0 Å². The molecule has 0 aromatic heterocycles. The molecule has 1 amide bonds. The van der Waals surface area contributed by atoms with Crippen LogP contribution in [-0.2, 0) is 9.53 Å². The largest absolute Gasteiger partial charge is 0.364 e. The average molecular weight is 213 g/mol. The van der Waals surface area contributed by atoms with E-state index in [1.807, 2.05) is 18.7 Å². The molecule has 3 nitrogen and oxygen atoms in total. The minimum absolute atomic E-state index is 0.136. The predicted octanol–water partition coefficient (Wildman–Crippen LogP) is 2.06. The van der Waals surface area contributed by atoms with Crippen molar-refractivity contribution in [2.45, 2.75) is 53.2 Å². The van der Waals surface area contributed by atoms with Gasteiger partial charge in [-0.1, -0.05) is 20.8 Å². The fourth-order valence-electron chi connectivity index (χ4n) is 1.78. The first kappa shape index (κ1) is 12.5. The molecule has 2 atom stereocenters. The van der Waals surface area contributed by atoms with Gasteiger partial charge in [-0.15, -0.1) is 0 Å². The third kappa shape index (κ3) is 3.82. The van der Waals surface area contributed by atoms with Crippen molar-refractivity contribution in [3.05, 3.63) is 0 Å². The van der Waals surface area contributed by atoms with E-state index in [-0.39, 0.29) is 23.5 Å². The Morgan fingerprint density at radius 3 is 2.53 bits per heavy atom. The molecule has 1 aliphatic heterocycles. The highest BCUT2D eigenvalue weighted by Crippen LogP contribution is 2.21. The first-order chi connectivity index (χ1) is 6.79. The van der Waals surface area contributed by atoms with Crippen molar-refractivity contribution in [1.82, 2.24) is 4.90 Å². The Balaban J connectivity index is 2.49. The van der Waals surface area contributed by atoms with E-state index >= 15 is 0 Å². The van der Waals surface area contributed by atoms with Crippen LogP contribution in [0, 0.1) is 5.41 Å². The molecule has 1 aliphatic rings. The fourth-order valence-corrected chi connectivity index (χ4v) is 1.78. The number of morpholine rings is 1. The summed E-state index contributed by atoms with van der Waals surface area (Å²) >= 11 is 0. The molecule has 3 heteroatoms. The second-order valence-corrected chi connectivity index (χ2v) is 5.68. The van der Waals surface area contributed by atoms with E-state index in [1.165, 1.54) is 0 Å². The summed E-state index contributed by atoms with van der Waals surface area (Å²) < 4.78 is 5.47. The number of hydrogen-bond donors (Lipinski definition) is 0. The molecule has 0 aromatic carbocycles. The van der Waals surface area contributed by atoms with Crippen LogP contribution in [0.15, 0.2) is 0 Å². The second kappa shape index (κ2) is 4.52. The van der Waals surface area contributed by atoms with Gasteiger partial charge in [0.05, 0.1) is 6.10 Å². The molecule has 1 rings (SSSR count). The van der Waals surface area contributed by atoms with Crippen molar-refractivity contribution >= 4 is 5.91 Å². The van der Waals surface area contributed by atoms with E-state index in [0.717, 1.165) is 19.5 Å². The summed E-state index contributed by atoms with van der Waals surface area (Å²) in [6.45, 7) is 12.0. The maximum Gasteiger partial charge on any atom is 0.251 e. The maximum absolute atomic E-state index is 11.8. The zero-order valence-corrected chi connectivity index (χ0v) is 10.5. The zero-order chi connectivity index (χ0) is 11.6. The van der Waals surface area contributed by atoms with Crippen molar-refractivity contribution in [3.63, 3.8) is 0 Å². The standard InChI is InChI=1S/C12H23NO2/c1-9-8-13(7-6-12(3,4)5)11(14)10(2)15-9/h9-10H,6-8H2,1-5H3/t9-,10+/m1/s1. The quantitative estimate of drug-likeness (QED) is 0.702. The van der Waals surface area contributed by atoms with Gasteiger partial charge in [-0.3, -0.25) is 4.79 Å². The summed E-state index contributed by atoms with van der Waals surface area (Å²) in [5.74, 6) is 0.136. The molecule has 0 aliphatic carbocycles. The molecule has 1 heterocycles. The van der Waals surface area contributed by atoms with Crippen LogP contribution >= 0.6 is 0 Å². The van der Waals surface area contributed by atoms with E-state index in [4.69, 9.17) is 4.74 Å². The number of rotatable bonds is 2. The van der Waals surface area contributed by atoms with Crippen LogP contribution in [-0.4, -0.2) is 36.1 Å². The molecular weight excluding hydrogens is 190 g/mol. The molecule has 15 heavy (non-hydrogen) atoms. The summed E-state index contributed by atoms with van der Waals surface area (Å²) in [5.41, 5.74) is 0.283. The Morgan fingerprint density at radius 1 is 1.40 bits per heavy atom. The number of hydrogen-bond acceptors (Lipinski definition) is 2. The third-order valence-corrected chi connectivity index (χ3v) is 2.71. The van der Waals surface area contributed by atoms with Crippen molar-refractivity contribution in [3.8, 4) is 0 Å². The van der Waals surface area contributed by atoms with Crippen LogP contribution in [0.1, 0.15) is 41.0 Å². The van der Waals surface area contributed by atoms with Crippen LogP contribution in [0.25, 0.3) is 0 Å². The lowest BCUT2D eigenvalue weighted by molar-refractivity contribution is -0.159. The van der Waals surface area contributed by atoms with Gasteiger partial charge in [0.25, 0.3) is 5.91 Å². The second-order valence-electron chi connectivity index (χ2n) is 5.68. The van der Waals surface area contributed by atoms with E-state index in [2.05, 4.69) is 20.8 Å². The van der Waals surface area contributed by atoms with Gasteiger partial charge in [0.15, 0.2) is 0 Å². The highest BCUT2D eigenvalue weighted by molar-refractivity contribution is 5.81. The first-order valence-electron chi connectivity index (χ1n) is 5.74. The summed E-state index contributed by atoms with van der Waals surface area (Å²) in [7, 11) is 0. The monoisotopic (exact) mass is 213 g/mol. The Kier molecular flexibility index (Phi) is 3.77. The van der Waals surface area contributed by atoms with Gasteiger partial charge in [0.1, 0.15) is 6.10 Å². The number of nitrogens with zero attached hydrogens (tertiary/aromatic N) is 1. The predicted molar refractivity (Wildman–Crippen MR) is 60.7 cm³/mol. The van der Waals surface area contributed by atoms with E-state index in [0.29, 0.717) is 0 Å². The van der Waals surface area contributed by atoms with Crippen LogP contribution in [0.4, 0.5) is 0 Å². The number of carbonyl (C=O) groups excluding carboxylic acids is 1. The molecule has 1 saturated heterocycles. The maximum atomic E-state index is 11.8. The number of carbonyl (C=O) groups is 1. The van der Waals surface area contributed by atoms with Crippen LogP contribution < -0.4 is 0 Å². The molecule has 0 aromatic rings. The topological polar surface area (TPSA) is 29.5 Å². The first-order valence-corrected chi connectivity index (χ1v) is 5.74. The molecule has 0 spiro atoms. The van der Waals surface area contributed by atoms with Gasteiger partial charge in [0.2, 0.25) is 0 Å². The SMILES string of the molecule is C[C@@H]1CN(CCC(C)(C)C)C(=O)[C@H](C)O1. The normalized spacial score (nSPS) is 28.3. The lowest BCUT2D eigenvalue weighted by atomic mass is 9.92.